The molecule has 2 heterocycles. The molecule has 0 spiro atoms. The number of thiazole rings is 1. The Balaban J connectivity index is 1.45. The number of benzene rings is 3. The fourth-order valence-corrected chi connectivity index (χ4v) is 4.61. The van der Waals surface area contributed by atoms with Gasteiger partial charge >= 0.3 is 0 Å². The van der Waals surface area contributed by atoms with Gasteiger partial charge in [-0.15, -0.1) is 11.3 Å². The molecule has 6 heteroatoms. The maximum atomic E-state index is 12.7. The van der Waals surface area contributed by atoms with Crippen LogP contribution in [0, 0.1) is 11.3 Å². The normalized spacial score (nSPS) is 12.7. The molecule has 0 radical (unpaired) electrons. The smallest absolute Gasteiger partial charge is 0.265 e. The van der Waals surface area contributed by atoms with Gasteiger partial charge in [0.25, 0.3) is 5.91 Å². The largest absolute Gasteiger partial charge is 0.482 e. The molecule has 0 aliphatic carbocycles. The maximum absolute atomic E-state index is 12.7. The lowest BCUT2D eigenvalue weighted by atomic mass is 10.1. The van der Waals surface area contributed by atoms with E-state index in [1.165, 1.54) is 5.56 Å². The third-order valence-electron chi connectivity index (χ3n) is 5.41. The van der Waals surface area contributed by atoms with E-state index in [0.29, 0.717) is 23.5 Å². The number of carbonyl (C=O) groups excluding carboxylic acids is 1. The van der Waals surface area contributed by atoms with Crippen LogP contribution in [-0.2, 0) is 17.8 Å². The molecule has 5 nitrogen and oxygen atoms in total. The first-order chi connectivity index (χ1) is 15.7. The Morgan fingerprint density at radius 2 is 1.88 bits per heavy atom. The molecule has 3 aromatic carbocycles. The van der Waals surface area contributed by atoms with Crippen molar-refractivity contribution in [2.75, 3.05) is 11.5 Å². The van der Waals surface area contributed by atoms with Gasteiger partial charge in [0.2, 0.25) is 0 Å². The number of nitrogens with zero attached hydrogens (tertiary/aromatic N) is 3. The Morgan fingerprint density at radius 1 is 1.06 bits per heavy atom. The van der Waals surface area contributed by atoms with Gasteiger partial charge in [-0.2, -0.15) is 5.26 Å². The van der Waals surface area contributed by atoms with Crippen LogP contribution >= 0.6 is 11.3 Å². The van der Waals surface area contributed by atoms with Crippen LogP contribution in [0.2, 0.25) is 0 Å². The summed E-state index contributed by atoms with van der Waals surface area (Å²) in [6.07, 6.45) is 0.787. The van der Waals surface area contributed by atoms with Crippen molar-refractivity contribution in [3.63, 3.8) is 0 Å². The Kier molecular flexibility index (Phi) is 5.40. The summed E-state index contributed by atoms with van der Waals surface area (Å²) in [6, 6.07) is 25.6. The predicted octanol–water partition coefficient (Wildman–Crippen LogP) is 5.20. The first kappa shape index (κ1) is 20.0. The third-order valence-corrected chi connectivity index (χ3v) is 6.26. The molecule has 0 unspecified atom stereocenters. The van der Waals surface area contributed by atoms with E-state index in [-0.39, 0.29) is 12.5 Å². The lowest BCUT2D eigenvalue weighted by molar-refractivity contribution is -0.121. The lowest BCUT2D eigenvalue weighted by Gasteiger charge is -2.30. The summed E-state index contributed by atoms with van der Waals surface area (Å²) in [4.78, 5) is 19.2. The van der Waals surface area contributed by atoms with Crippen LogP contribution in [-0.4, -0.2) is 17.5 Å². The van der Waals surface area contributed by atoms with Crippen LogP contribution in [0.25, 0.3) is 11.3 Å². The van der Waals surface area contributed by atoms with Crippen molar-refractivity contribution in [3.8, 4) is 23.1 Å². The number of aromatic nitrogens is 1. The average molecular weight is 438 g/mol. The summed E-state index contributed by atoms with van der Waals surface area (Å²) < 4.78 is 5.66. The van der Waals surface area contributed by atoms with Crippen molar-refractivity contribution in [1.82, 2.24) is 4.98 Å². The standard InChI is InChI=1S/C26H19N3O2S/c27-14-20-8-4-5-9-21(20)15-29-23-13-19(10-11-24(23)31-16-26(29)30)22-17-32-25(28-22)12-18-6-2-1-3-7-18/h1-11,13,17H,12,15-16H2. The highest BCUT2D eigenvalue weighted by Gasteiger charge is 2.27. The fourth-order valence-electron chi connectivity index (χ4n) is 3.77. The quantitative estimate of drug-likeness (QED) is 0.431. The van der Waals surface area contributed by atoms with Gasteiger partial charge in [0.1, 0.15) is 5.75 Å². The second-order valence-electron chi connectivity index (χ2n) is 7.51. The van der Waals surface area contributed by atoms with Crippen LogP contribution in [0.5, 0.6) is 5.75 Å². The van der Waals surface area contributed by atoms with Crippen LogP contribution in [0.4, 0.5) is 5.69 Å². The number of hydrogen-bond donors (Lipinski definition) is 0. The Hall–Kier alpha value is -3.95. The van der Waals surface area contributed by atoms with Crippen molar-refractivity contribution >= 4 is 22.9 Å². The van der Waals surface area contributed by atoms with E-state index in [0.717, 1.165) is 28.2 Å². The molecule has 1 amide bonds. The van der Waals surface area contributed by atoms with Crippen LogP contribution < -0.4 is 9.64 Å². The number of amides is 1. The zero-order chi connectivity index (χ0) is 21.9. The molecule has 0 fully saturated rings. The van der Waals surface area contributed by atoms with Crippen molar-refractivity contribution in [1.29, 1.82) is 5.26 Å². The minimum atomic E-state index is -0.134. The van der Waals surface area contributed by atoms with E-state index in [4.69, 9.17) is 9.72 Å². The van der Waals surface area contributed by atoms with Crippen LogP contribution in [0.1, 0.15) is 21.7 Å². The van der Waals surface area contributed by atoms with Crippen molar-refractivity contribution in [3.05, 3.63) is 99.9 Å². The van der Waals surface area contributed by atoms with Gasteiger partial charge in [0, 0.05) is 17.4 Å². The number of hydrogen-bond acceptors (Lipinski definition) is 5. The molecule has 1 aliphatic rings. The number of ether oxygens (including phenoxy) is 1. The highest BCUT2D eigenvalue weighted by Crippen LogP contribution is 2.37. The Labute approximate surface area is 190 Å². The summed E-state index contributed by atoms with van der Waals surface area (Å²) >= 11 is 1.63. The van der Waals surface area contributed by atoms with Crippen molar-refractivity contribution < 1.29 is 9.53 Å². The van der Waals surface area contributed by atoms with Gasteiger partial charge in [-0.25, -0.2) is 4.98 Å². The fraction of sp³-hybridized carbons (Fsp3) is 0.115. The van der Waals surface area contributed by atoms with Gasteiger partial charge in [-0.1, -0.05) is 48.5 Å². The highest BCUT2D eigenvalue weighted by molar-refractivity contribution is 7.10. The molecule has 1 aromatic heterocycles. The molecule has 0 saturated carbocycles. The summed E-state index contributed by atoms with van der Waals surface area (Å²) in [5.74, 6) is 0.521. The van der Waals surface area contributed by atoms with Gasteiger partial charge in [-0.3, -0.25) is 4.79 Å². The van der Waals surface area contributed by atoms with Crippen molar-refractivity contribution in [2.24, 2.45) is 0 Å². The molecule has 1 aliphatic heterocycles. The first-order valence-electron chi connectivity index (χ1n) is 10.2. The minimum absolute atomic E-state index is 0.0149. The monoisotopic (exact) mass is 437 g/mol. The van der Waals surface area contributed by atoms with E-state index < -0.39 is 0 Å². The van der Waals surface area contributed by atoms with E-state index in [9.17, 15) is 10.1 Å². The third kappa shape index (κ3) is 3.98. The topological polar surface area (TPSA) is 66.2 Å². The van der Waals surface area contributed by atoms with Gasteiger partial charge < -0.3 is 9.64 Å². The molecule has 4 aromatic rings. The van der Waals surface area contributed by atoms with Gasteiger partial charge in [0.05, 0.1) is 34.6 Å². The zero-order valence-electron chi connectivity index (χ0n) is 17.2. The van der Waals surface area contributed by atoms with E-state index in [2.05, 4.69) is 18.2 Å². The number of carbonyl (C=O) groups is 1. The second-order valence-corrected chi connectivity index (χ2v) is 8.45. The van der Waals surface area contributed by atoms with Crippen molar-refractivity contribution in [2.45, 2.75) is 13.0 Å². The number of nitriles is 1. The predicted molar refractivity (Wildman–Crippen MR) is 125 cm³/mol. The minimum Gasteiger partial charge on any atom is -0.482 e. The molecular formula is C26H19N3O2S. The second kappa shape index (κ2) is 8.66. The van der Waals surface area contributed by atoms with E-state index in [1.54, 1.807) is 22.3 Å². The number of rotatable bonds is 5. The molecule has 156 valence electrons. The molecular weight excluding hydrogens is 418 g/mol. The SMILES string of the molecule is N#Cc1ccccc1CN1C(=O)COc2ccc(-c3csc(Cc4ccccc4)n3)cc21. The Bertz CT molecular complexity index is 1320. The lowest BCUT2D eigenvalue weighted by Crippen LogP contribution is -2.38. The molecule has 5 rings (SSSR count). The number of fused-ring (bicyclic) bond motifs is 1. The molecule has 0 N–H and O–H groups in total. The first-order valence-corrected chi connectivity index (χ1v) is 11.1. The van der Waals surface area contributed by atoms with Crippen LogP contribution in [0.3, 0.4) is 0 Å². The van der Waals surface area contributed by atoms with E-state index >= 15 is 0 Å². The molecule has 0 saturated heterocycles. The average Bonchev–Trinajstić information content (AvgIpc) is 3.30. The maximum Gasteiger partial charge on any atom is 0.265 e. The summed E-state index contributed by atoms with van der Waals surface area (Å²) in [6.45, 7) is 0.303. The summed E-state index contributed by atoms with van der Waals surface area (Å²) in [5.41, 5.74) is 5.09. The van der Waals surface area contributed by atoms with E-state index in [1.807, 2.05) is 60.0 Å². The van der Waals surface area contributed by atoms with Gasteiger partial charge in [-0.05, 0) is 35.4 Å². The zero-order valence-corrected chi connectivity index (χ0v) is 18.0. The van der Waals surface area contributed by atoms with Gasteiger partial charge in [0.15, 0.2) is 6.61 Å². The number of anilines is 1. The Morgan fingerprint density at radius 3 is 2.72 bits per heavy atom. The summed E-state index contributed by atoms with van der Waals surface area (Å²) in [5, 5.41) is 12.5. The molecule has 32 heavy (non-hydrogen) atoms. The molecule has 0 bridgehead atoms. The summed E-state index contributed by atoms with van der Waals surface area (Å²) in [7, 11) is 0. The van der Waals surface area contributed by atoms with Crippen LogP contribution in [0.15, 0.2) is 78.2 Å². The molecule has 0 atom stereocenters. The highest BCUT2D eigenvalue weighted by atomic mass is 32.1.